The van der Waals surface area contributed by atoms with E-state index in [4.69, 9.17) is 9.47 Å². The van der Waals surface area contributed by atoms with Gasteiger partial charge in [0, 0.05) is 20.1 Å². The van der Waals surface area contributed by atoms with Gasteiger partial charge in [-0.3, -0.25) is 9.59 Å². The lowest BCUT2D eigenvalue weighted by Crippen LogP contribution is -2.27. The SMILES string of the molecule is CCCOc1ccc(Br)cc1/C=N/NC(=O)CC(=O)N/N=C/c1cc(Br)ccc1OCCC. The molecule has 2 aromatic carbocycles. The fraction of sp³-hybridized carbons (Fsp3) is 0.304. The van der Waals surface area contributed by atoms with E-state index in [2.05, 4.69) is 52.9 Å². The van der Waals surface area contributed by atoms with Crippen LogP contribution in [-0.2, 0) is 9.59 Å². The molecule has 8 nitrogen and oxygen atoms in total. The van der Waals surface area contributed by atoms with Crippen molar-refractivity contribution in [2.45, 2.75) is 33.1 Å². The molecule has 176 valence electrons. The summed E-state index contributed by atoms with van der Waals surface area (Å²) >= 11 is 6.80. The van der Waals surface area contributed by atoms with E-state index >= 15 is 0 Å². The zero-order valence-corrected chi connectivity index (χ0v) is 21.6. The van der Waals surface area contributed by atoms with Crippen LogP contribution in [0.4, 0.5) is 0 Å². The molecule has 0 aromatic heterocycles. The Morgan fingerprint density at radius 1 is 0.818 bits per heavy atom. The topological polar surface area (TPSA) is 101 Å². The Morgan fingerprint density at radius 2 is 1.24 bits per heavy atom. The van der Waals surface area contributed by atoms with Crippen LogP contribution in [0, 0.1) is 0 Å². The third-order valence-electron chi connectivity index (χ3n) is 3.97. The van der Waals surface area contributed by atoms with E-state index in [1.165, 1.54) is 12.4 Å². The Bertz CT molecular complexity index is 932. The zero-order chi connectivity index (χ0) is 24.1. The van der Waals surface area contributed by atoms with E-state index < -0.39 is 18.2 Å². The number of halogens is 2. The van der Waals surface area contributed by atoms with Crippen molar-refractivity contribution in [1.82, 2.24) is 10.9 Å². The summed E-state index contributed by atoms with van der Waals surface area (Å²) in [4.78, 5) is 24.0. The van der Waals surface area contributed by atoms with Crippen LogP contribution in [0.3, 0.4) is 0 Å². The lowest BCUT2D eigenvalue weighted by molar-refractivity contribution is -0.129. The Hall–Kier alpha value is -2.72. The van der Waals surface area contributed by atoms with Gasteiger partial charge in [-0.15, -0.1) is 0 Å². The Kier molecular flexibility index (Phi) is 11.6. The number of ether oxygens (including phenoxy) is 2. The van der Waals surface area contributed by atoms with Crippen molar-refractivity contribution in [3.63, 3.8) is 0 Å². The van der Waals surface area contributed by atoms with Gasteiger partial charge >= 0.3 is 0 Å². The molecule has 0 bridgehead atoms. The van der Waals surface area contributed by atoms with Crippen molar-refractivity contribution in [1.29, 1.82) is 0 Å². The van der Waals surface area contributed by atoms with Gasteiger partial charge in [-0.05, 0) is 49.2 Å². The average Bonchev–Trinajstić information content (AvgIpc) is 2.78. The highest BCUT2D eigenvalue weighted by Gasteiger charge is 2.09. The molecule has 2 aromatic rings. The predicted molar refractivity (Wildman–Crippen MR) is 136 cm³/mol. The van der Waals surface area contributed by atoms with Gasteiger partial charge in [-0.25, -0.2) is 10.9 Å². The van der Waals surface area contributed by atoms with Crippen molar-refractivity contribution < 1.29 is 19.1 Å². The lowest BCUT2D eigenvalue weighted by atomic mass is 10.2. The van der Waals surface area contributed by atoms with E-state index in [-0.39, 0.29) is 0 Å². The van der Waals surface area contributed by atoms with Gasteiger partial charge in [0.1, 0.15) is 17.9 Å². The van der Waals surface area contributed by atoms with Gasteiger partial charge in [-0.1, -0.05) is 45.7 Å². The number of nitrogens with zero attached hydrogens (tertiary/aromatic N) is 2. The summed E-state index contributed by atoms with van der Waals surface area (Å²) in [6.07, 6.45) is 4.25. The normalized spacial score (nSPS) is 11.0. The molecule has 2 N–H and O–H groups in total. The minimum atomic E-state index is -0.570. The highest BCUT2D eigenvalue weighted by Crippen LogP contribution is 2.23. The van der Waals surface area contributed by atoms with Crippen LogP contribution < -0.4 is 20.3 Å². The zero-order valence-electron chi connectivity index (χ0n) is 18.4. The molecule has 0 aliphatic rings. The minimum Gasteiger partial charge on any atom is -0.493 e. The molecule has 10 heteroatoms. The van der Waals surface area contributed by atoms with Crippen LogP contribution in [0.2, 0.25) is 0 Å². The molecule has 0 aliphatic carbocycles. The van der Waals surface area contributed by atoms with E-state index in [1.54, 1.807) is 0 Å². The summed E-state index contributed by atoms with van der Waals surface area (Å²) in [7, 11) is 0. The van der Waals surface area contributed by atoms with Crippen LogP contribution in [-0.4, -0.2) is 37.5 Å². The molecule has 0 heterocycles. The first-order chi connectivity index (χ1) is 15.9. The molecule has 0 spiro atoms. The van der Waals surface area contributed by atoms with Crippen molar-refractivity contribution in [2.75, 3.05) is 13.2 Å². The first-order valence-corrected chi connectivity index (χ1v) is 12.0. The van der Waals surface area contributed by atoms with Gasteiger partial charge in [-0.2, -0.15) is 10.2 Å². The molecule has 0 saturated carbocycles. The fourth-order valence-electron chi connectivity index (χ4n) is 2.50. The lowest BCUT2D eigenvalue weighted by Gasteiger charge is -2.08. The number of amides is 2. The second kappa shape index (κ2) is 14.4. The number of hydrogen-bond donors (Lipinski definition) is 2. The van der Waals surface area contributed by atoms with Gasteiger partial charge in [0.15, 0.2) is 0 Å². The van der Waals surface area contributed by atoms with E-state index in [1.807, 2.05) is 50.2 Å². The Morgan fingerprint density at radius 3 is 1.64 bits per heavy atom. The largest absolute Gasteiger partial charge is 0.493 e. The molecule has 0 fully saturated rings. The van der Waals surface area contributed by atoms with Gasteiger partial charge in [0.2, 0.25) is 11.8 Å². The van der Waals surface area contributed by atoms with Gasteiger partial charge < -0.3 is 9.47 Å². The summed E-state index contributed by atoms with van der Waals surface area (Å²) < 4.78 is 13.0. The van der Waals surface area contributed by atoms with Crippen LogP contribution >= 0.6 is 31.9 Å². The maximum atomic E-state index is 12.0. The summed E-state index contributed by atoms with van der Waals surface area (Å²) in [6.45, 7) is 5.17. The standard InChI is InChI=1S/C23H26Br2N4O4/c1-3-9-32-20-7-5-18(24)11-16(20)14-26-28-22(30)13-23(31)29-27-15-17-12-19(25)6-8-21(17)33-10-4-2/h5-8,11-12,14-15H,3-4,9-10,13H2,1-2H3,(H,28,30)(H,29,31)/b26-14+,27-15+. The molecule has 0 aliphatic heterocycles. The van der Waals surface area contributed by atoms with Crippen molar-refractivity contribution in [3.05, 3.63) is 56.5 Å². The summed E-state index contributed by atoms with van der Waals surface area (Å²) in [6, 6.07) is 11.0. The average molecular weight is 582 g/mol. The quantitative estimate of drug-likeness (QED) is 0.214. The second-order valence-electron chi connectivity index (χ2n) is 6.82. The van der Waals surface area contributed by atoms with Crippen LogP contribution in [0.15, 0.2) is 55.5 Å². The van der Waals surface area contributed by atoms with Crippen molar-refractivity contribution >= 4 is 56.1 Å². The van der Waals surface area contributed by atoms with Gasteiger partial charge in [0.05, 0.1) is 25.6 Å². The summed E-state index contributed by atoms with van der Waals surface area (Å²) in [5, 5.41) is 7.83. The highest BCUT2D eigenvalue weighted by molar-refractivity contribution is 9.10. The molecule has 2 amide bonds. The molecule has 0 atom stereocenters. The third-order valence-corrected chi connectivity index (χ3v) is 4.96. The predicted octanol–water partition coefficient (Wildman–Crippen LogP) is 4.78. The number of carbonyl (C=O) groups excluding carboxylic acids is 2. The number of carbonyl (C=O) groups is 2. The molecule has 0 saturated heterocycles. The molecule has 2 rings (SSSR count). The van der Waals surface area contributed by atoms with Crippen molar-refractivity contribution in [2.24, 2.45) is 10.2 Å². The number of rotatable bonds is 12. The summed E-state index contributed by atoms with van der Waals surface area (Å²) in [5.74, 6) is 0.165. The smallest absolute Gasteiger partial charge is 0.249 e. The van der Waals surface area contributed by atoms with E-state index in [0.717, 1.165) is 21.8 Å². The first-order valence-electron chi connectivity index (χ1n) is 10.4. The Labute approximate surface area is 210 Å². The number of hydrazone groups is 2. The van der Waals surface area contributed by atoms with Crippen LogP contribution in [0.25, 0.3) is 0 Å². The second-order valence-corrected chi connectivity index (χ2v) is 8.66. The van der Waals surface area contributed by atoms with Crippen LogP contribution in [0.1, 0.15) is 44.2 Å². The number of benzene rings is 2. The van der Waals surface area contributed by atoms with Gasteiger partial charge in [0.25, 0.3) is 0 Å². The fourth-order valence-corrected chi connectivity index (χ4v) is 3.26. The molecule has 0 unspecified atom stereocenters. The molecular weight excluding hydrogens is 556 g/mol. The molecule has 33 heavy (non-hydrogen) atoms. The van der Waals surface area contributed by atoms with E-state index in [0.29, 0.717) is 35.8 Å². The number of nitrogens with one attached hydrogen (secondary N) is 2. The monoisotopic (exact) mass is 580 g/mol. The van der Waals surface area contributed by atoms with E-state index in [9.17, 15) is 9.59 Å². The van der Waals surface area contributed by atoms with Crippen LogP contribution in [0.5, 0.6) is 11.5 Å². The third kappa shape index (κ3) is 9.75. The summed E-state index contributed by atoms with van der Waals surface area (Å²) in [5.41, 5.74) is 6.06. The maximum absolute atomic E-state index is 12.0. The highest BCUT2D eigenvalue weighted by atomic mass is 79.9. The Balaban J connectivity index is 1.88. The number of hydrogen-bond acceptors (Lipinski definition) is 6. The first kappa shape index (κ1) is 26.5. The minimum absolute atomic E-state index is 0.427. The maximum Gasteiger partial charge on any atom is 0.249 e. The molecular formula is C23H26Br2N4O4. The molecule has 0 radical (unpaired) electrons. The van der Waals surface area contributed by atoms with Crippen molar-refractivity contribution in [3.8, 4) is 11.5 Å².